The minimum atomic E-state index is -3.59. The third-order valence-corrected chi connectivity index (χ3v) is 6.80. The van der Waals surface area contributed by atoms with E-state index in [9.17, 15) is 18.0 Å². The van der Waals surface area contributed by atoms with E-state index in [0.717, 1.165) is 28.2 Å². The summed E-state index contributed by atoms with van der Waals surface area (Å²) in [6, 6.07) is 8.85. The number of nitrogens with one attached hydrogen (secondary N) is 2. The lowest BCUT2D eigenvalue weighted by atomic mass is 10.1. The molecule has 7 nitrogen and oxygen atoms in total. The van der Waals surface area contributed by atoms with Crippen LogP contribution in [0.15, 0.2) is 39.9 Å². The van der Waals surface area contributed by atoms with Gasteiger partial charge in [0.2, 0.25) is 21.8 Å². The van der Waals surface area contributed by atoms with Gasteiger partial charge in [-0.05, 0) is 36.4 Å². The highest BCUT2D eigenvalue weighted by Gasteiger charge is 2.17. The molecule has 0 bridgehead atoms. The molecule has 0 unspecified atom stereocenters. The average molecular weight is 410 g/mol. The van der Waals surface area contributed by atoms with E-state index >= 15 is 0 Å². The van der Waals surface area contributed by atoms with Crippen molar-refractivity contribution in [3.63, 3.8) is 0 Å². The van der Waals surface area contributed by atoms with Crippen LogP contribution in [-0.2, 0) is 19.6 Å². The number of hydrogen-bond acceptors (Lipinski definition) is 5. The molecule has 146 valence electrons. The van der Waals surface area contributed by atoms with Gasteiger partial charge in [-0.15, -0.1) is 11.3 Å². The fraction of sp³-hybridized carbons (Fsp3) is 0.333. The van der Waals surface area contributed by atoms with E-state index in [2.05, 4.69) is 10.0 Å². The second-order valence-corrected chi connectivity index (χ2v) is 9.09. The third-order valence-electron chi connectivity index (χ3n) is 3.94. The van der Waals surface area contributed by atoms with E-state index in [1.807, 2.05) is 32.0 Å². The van der Waals surface area contributed by atoms with Crippen molar-refractivity contribution in [3.05, 3.63) is 46.8 Å². The predicted octanol–water partition coefficient (Wildman–Crippen LogP) is 2.13. The van der Waals surface area contributed by atoms with Crippen molar-refractivity contribution < 1.29 is 18.0 Å². The molecule has 0 spiro atoms. The van der Waals surface area contributed by atoms with E-state index < -0.39 is 10.0 Å². The molecule has 0 aliphatic carbocycles. The van der Waals surface area contributed by atoms with E-state index in [-0.39, 0.29) is 35.5 Å². The number of rotatable bonds is 8. The molecule has 2 amide bonds. The number of benzene rings is 1. The van der Waals surface area contributed by atoms with Gasteiger partial charge >= 0.3 is 0 Å². The van der Waals surface area contributed by atoms with Crippen LogP contribution in [0.25, 0.3) is 0 Å². The fourth-order valence-corrected chi connectivity index (χ4v) is 4.53. The first kappa shape index (κ1) is 21.1. The first-order chi connectivity index (χ1) is 12.7. The molecule has 0 fully saturated rings. The van der Waals surface area contributed by atoms with Crippen molar-refractivity contribution in [3.8, 4) is 0 Å². The number of carbonyl (C=O) groups is 2. The van der Waals surface area contributed by atoms with E-state index in [0.29, 0.717) is 0 Å². The maximum absolute atomic E-state index is 12.2. The molecular formula is C18H23N3O4S2. The molecule has 0 aliphatic rings. The number of nitrogens with zero attached hydrogens (tertiary/aromatic N) is 1. The monoisotopic (exact) mass is 409 g/mol. The highest BCUT2D eigenvalue weighted by molar-refractivity contribution is 7.91. The van der Waals surface area contributed by atoms with Gasteiger partial charge in [-0.1, -0.05) is 24.3 Å². The molecule has 0 saturated heterocycles. The normalized spacial score (nSPS) is 11.2. The minimum Gasteiger partial charge on any atom is -0.336 e. The Hall–Kier alpha value is -2.23. The van der Waals surface area contributed by atoms with E-state index in [1.165, 1.54) is 18.0 Å². The number of sulfonamides is 1. The zero-order valence-electron chi connectivity index (χ0n) is 15.5. The van der Waals surface area contributed by atoms with Crippen molar-refractivity contribution in [1.29, 1.82) is 0 Å². The lowest BCUT2D eigenvalue weighted by Gasteiger charge is -2.18. The van der Waals surface area contributed by atoms with Gasteiger partial charge in [0.05, 0.1) is 6.54 Å². The molecule has 1 heterocycles. The molecule has 0 atom stereocenters. The summed E-state index contributed by atoms with van der Waals surface area (Å²) in [5.74, 6) is -0.622. The summed E-state index contributed by atoms with van der Waals surface area (Å²) in [4.78, 5) is 25.6. The largest absolute Gasteiger partial charge is 0.336 e. The number of para-hydroxylation sites is 1. The molecule has 1 aromatic heterocycles. The Balaban J connectivity index is 1.82. The Morgan fingerprint density at radius 2 is 1.78 bits per heavy atom. The van der Waals surface area contributed by atoms with Gasteiger partial charge in [0.15, 0.2) is 0 Å². The Morgan fingerprint density at radius 1 is 1.11 bits per heavy atom. The SMILES string of the molecule is Cc1cccc(C)c1NC(=O)CN(C)C(=O)CCNS(=O)(=O)c1cccs1. The van der Waals surface area contributed by atoms with Crippen LogP contribution in [0.5, 0.6) is 0 Å². The Kier molecular flexibility index (Phi) is 7.11. The van der Waals surface area contributed by atoms with Gasteiger partial charge < -0.3 is 10.2 Å². The molecular weight excluding hydrogens is 386 g/mol. The van der Waals surface area contributed by atoms with Crippen molar-refractivity contribution in [2.24, 2.45) is 0 Å². The Labute approximate surface area is 163 Å². The maximum Gasteiger partial charge on any atom is 0.250 e. The van der Waals surface area contributed by atoms with E-state index in [4.69, 9.17) is 0 Å². The summed E-state index contributed by atoms with van der Waals surface area (Å²) in [7, 11) is -2.08. The highest BCUT2D eigenvalue weighted by atomic mass is 32.2. The summed E-state index contributed by atoms with van der Waals surface area (Å²) in [5, 5.41) is 4.49. The van der Waals surface area contributed by atoms with Gasteiger partial charge in [0, 0.05) is 25.7 Å². The summed E-state index contributed by atoms with van der Waals surface area (Å²) in [6.45, 7) is 3.67. The van der Waals surface area contributed by atoms with Crippen LogP contribution in [-0.4, -0.2) is 45.3 Å². The van der Waals surface area contributed by atoms with E-state index in [1.54, 1.807) is 11.4 Å². The molecule has 27 heavy (non-hydrogen) atoms. The van der Waals surface area contributed by atoms with Crippen molar-refractivity contribution in [2.45, 2.75) is 24.5 Å². The number of carbonyl (C=O) groups excluding carboxylic acids is 2. The number of thiophene rings is 1. The maximum atomic E-state index is 12.2. The number of aryl methyl sites for hydroxylation is 2. The summed E-state index contributed by atoms with van der Waals surface area (Å²) >= 11 is 1.11. The number of anilines is 1. The summed E-state index contributed by atoms with van der Waals surface area (Å²) in [6.07, 6.45) is -0.0300. The second kappa shape index (κ2) is 9.12. The first-order valence-electron chi connectivity index (χ1n) is 8.34. The molecule has 2 N–H and O–H groups in total. The summed E-state index contributed by atoms with van der Waals surface area (Å²) in [5.41, 5.74) is 2.63. The molecule has 1 aromatic carbocycles. The smallest absolute Gasteiger partial charge is 0.250 e. The molecule has 9 heteroatoms. The first-order valence-corrected chi connectivity index (χ1v) is 10.7. The number of hydrogen-bond donors (Lipinski definition) is 2. The van der Waals surface area contributed by atoms with Crippen LogP contribution in [0.3, 0.4) is 0 Å². The number of amides is 2. The quantitative estimate of drug-likeness (QED) is 0.698. The van der Waals surface area contributed by atoms with Crippen molar-refractivity contribution >= 4 is 38.9 Å². The predicted molar refractivity (Wildman–Crippen MR) is 106 cm³/mol. The van der Waals surface area contributed by atoms with Crippen LogP contribution >= 0.6 is 11.3 Å². The van der Waals surface area contributed by atoms with Crippen molar-refractivity contribution in [2.75, 3.05) is 25.5 Å². The zero-order chi connectivity index (χ0) is 20.0. The van der Waals surface area contributed by atoms with Gasteiger partial charge in [-0.2, -0.15) is 0 Å². The summed E-state index contributed by atoms with van der Waals surface area (Å²) < 4.78 is 26.6. The van der Waals surface area contributed by atoms with Gasteiger partial charge in [-0.3, -0.25) is 9.59 Å². The number of likely N-dealkylation sites (N-methyl/N-ethyl adjacent to an activating group) is 1. The molecule has 2 rings (SSSR count). The zero-order valence-corrected chi connectivity index (χ0v) is 17.1. The van der Waals surface area contributed by atoms with Crippen LogP contribution in [0.1, 0.15) is 17.5 Å². The molecule has 0 saturated carbocycles. The highest BCUT2D eigenvalue weighted by Crippen LogP contribution is 2.19. The second-order valence-electron chi connectivity index (χ2n) is 6.14. The van der Waals surface area contributed by atoms with Crippen LogP contribution < -0.4 is 10.0 Å². The molecule has 0 radical (unpaired) electrons. The van der Waals surface area contributed by atoms with Crippen LogP contribution in [0.4, 0.5) is 5.69 Å². The lowest BCUT2D eigenvalue weighted by molar-refractivity contribution is -0.133. The minimum absolute atomic E-state index is 0.0259. The van der Waals surface area contributed by atoms with Gasteiger partial charge in [-0.25, -0.2) is 13.1 Å². The molecule has 2 aromatic rings. The third kappa shape index (κ3) is 5.88. The molecule has 0 aliphatic heterocycles. The fourth-order valence-electron chi connectivity index (χ4n) is 2.46. The van der Waals surface area contributed by atoms with Crippen LogP contribution in [0.2, 0.25) is 0 Å². The Bertz CT molecular complexity index is 888. The Morgan fingerprint density at radius 3 is 2.37 bits per heavy atom. The van der Waals surface area contributed by atoms with Gasteiger partial charge in [0.25, 0.3) is 0 Å². The average Bonchev–Trinajstić information content (AvgIpc) is 3.13. The topological polar surface area (TPSA) is 95.6 Å². The van der Waals surface area contributed by atoms with Gasteiger partial charge in [0.1, 0.15) is 4.21 Å². The lowest BCUT2D eigenvalue weighted by Crippen LogP contribution is -2.37. The van der Waals surface area contributed by atoms with Crippen LogP contribution in [0, 0.1) is 13.8 Å². The standard InChI is InChI=1S/C18H23N3O4S2/c1-13-6-4-7-14(2)18(13)20-15(22)12-21(3)16(23)9-10-19-27(24,25)17-8-5-11-26-17/h4-8,11,19H,9-10,12H2,1-3H3,(H,20,22). The van der Waals surface area contributed by atoms with Crippen molar-refractivity contribution in [1.82, 2.24) is 9.62 Å².